The Morgan fingerprint density at radius 3 is 2.48 bits per heavy atom. The van der Waals surface area contributed by atoms with Gasteiger partial charge >= 0.3 is 5.97 Å². The summed E-state index contributed by atoms with van der Waals surface area (Å²) in [4.78, 5) is 31.6. The van der Waals surface area contributed by atoms with Crippen molar-refractivity contribution < 1.29 is 14.3 Å². The summed E-state index contributed by atoms with van der Waals surface area (Å²) in [5, 5.41) is 3.43. The van der Waals surface area contributed by atoms with E-state index in [1.165, 1.54) is 6.42 Å². The van der Waals surface area contributed by atoms with Crippen LogP contribution in [0, 0.1) is 0 Å². The van der Waals surface area contributed by atoms with Crippen molar-refractivity contribution in [3.8, 4) is 0 Å². The summed E-state index contributed by atoms with van der Waals surface area (Å²) >= 11 is 0. The number of benzene rings is 1. The molecule has 1 fully saturated rings. The number of carbonyl (C=O) groups is 2. The lowest BCUT2D eigenvalue weighted by Gasteiger charge is -2.36. The summed E-state index contributed by atoms with van der Waals surface area (Å²) in [5.74, 6) is -0.628. The molecular weight excluding hydrogens is 412 g/mol. The first-order valence-corrected chi connectivity index (χ1v) is 12.0. The van der Waals surface area contributed by atoms with E-state index in [0.29, 0.717) is 23.3 Å². The third-order valence-corrected chi connectivity index (χ3v) is 7.13. The SMILES string of the molecule is CC1=C(C(=O)OC2CCCCC2)[C@@H](c2ccccn2)C2=C(C[C@H](c3ccccc3)CC2=O)N1. The first-order valence-electron chi connectivity index (χ1n) is 12.0. The highest BCUT2D eigenvalue weighted by molar-refractivity contribution is 6.04. The number of hydrogen-bond acceptors (Lipinski definition) is 5. The second-order valence-electron chi connectivity index (χ2n) is 9.35. The molecule has 5 nitrogen and oxygen atoms in total. The van der Waals surface area contributed by atoms with Gasteiger partial charge in [-0.1, -0.05) is 42.8 Å². The number of rotatable bonds is 4. The maximum Gasteiger partial charge on any atom is 0.337 e. The lowest BCUT2D eigenvalue weighted by Crippen LogP contribution is -2.37. The number of nitrogens with zero attached hydrogens (tertiary/aromatic N) is 1. The average molecular weight is 443 g/mol. The van der Waals surface area contributed by atoms with Gasteiger partial charge in [0.05, 0.1) is 17.2 Å². The van der Waals surface area contributed by atoms with Crippen molar-refractivity contribution >= 4 is 11.8 Å². The number of nitrogens with one attached hydrogen (secondary N) is 1. The largest absolute Gasteiger partial charge is 0.459 e. The Morgan fingerprint density at radius 2 is 1.76 bits per heavy atom. The van der Waals surface area contributed by atoms with Crippen LogP contribution in [0.3, 0.4) is 0 Å². The monoisotopic (exact) mass is 442 g/mol. The summed E-state index contributed by atoms with van der Waals surface area (Å²) in [6.45, 7) is 1.91. The van der Waals surface area contributed by atoms with Crippen LogP contribution in [0.1, 0.15) is 75.0 Å². The Morgan fingerprint density at radius 1 is 1.00 bits per heavy atom. The minimum atomic E-state index is -0.497. The molecule has 5 heteroatoms. The van der Waals surface area contributed by atoms with Crippen LogP contribution < -0.4 is 5.32 Å². The second-order valence-corrected chi connectivity index (χ2v) is 9.35. The van der Waals surface area contributed by atoms with Crippen LogP contribution in [0.25, 0.3) is 0 Å². The molecule has 170 valence electrons. The number of dihydropyridines is 1. The fourth-order valence-corrected chi connectivity index (χ4v) is 5.51. The summed E-state index contributed by atoms with van der Waals surface area (Å²) in [7, 11) is 0. The molecule has 0 saturated heterocycles. The molecule has 0 unspecified atom stereocenters. The third-order valence-electron chi connectivity index (χ3n) is 7.13. The molecule has 5 rings (SSSR count). The van der Waals surface area contributed by atoms with Crippen molar-refractivity contribution in [3.63, 3.8) is 0 Å². The van der Waals surface area contributed by atoms with Crippen molar-refractivity contribution in [2.45, 2.75) is 69.8 Å². The molecule has 2 aliphatic carbocycles. The number of Topliss-reactive ketones (excluding diaryl/α,β-unsaturated/α-hetero) is 1. The van der Waals surface area contributed by atoms with Gasteiger partial charge < -0.3 is 10.1 Å². The maximum absolute atomic E-state index is 13.6. The van der Waals surface area contributed by atoms with Crippen LogP contribution in [0.15, 0.2) is 77.3 Å². The van der Waals surface area contributed by atoms with E-state index in [-0.39, 0.29) is 23.8 Å². The van der Waals surface area contributed by atoms with E-state index < -0.39 is 5.92 Å². The van der Waals surface area contributed by atoms with Crippen LogP contribution in [0.2, 0.25) is 0 Å². The van der Waals surface area contributed by atoms with Gasteiger partial charge in [0.1, 0.15) is 6.10 Å². The summed E-state index contributed by atoms with van der Waals surface area (Å²) in [5.41, 5.74) is 4.73. The zero-order valence-electron chi connectivity index (χ0n) is 19.0. The van der Waals surface area contributed by atoms with Gasteiger partial charge in [0.15, 0.2) is 5.78 Å². The van der Waals surface area contributed by atoms with Gasteiger partial charge in [0.25, 0.3) is 0 Å². The number of aromatic nitrogens is 1. The van der Waals surface area contributed by atoms with Crippen LogP contribution in [0.5, 0.6) is 0 Å². The second kappa shape index (κ2) is 9.34. The van der Waals surface area contributed by atoms with Gasteiger partial charge in [-0.3, -0.25) is 9.78 Å². The number of pyridine rings is 1. The van der Waals surface area contributed by atoms with E-state index in [1.54, 1.807) is 6.20 Å². The van der Waals surface area contributed by atoms with E-state index in [9.17, 15) is 9.59 Å². The molecule has 1 aromatic carbocycles. The van der Waals surface area contributed by atoms with Crippen LogP contribution in [-0.4, -0.2) is 22.8 Å². The van der Waals surface area contributed by atoms with Crippen LogP contribution >= 0.6 is 0 Å². The molecular formula is C28H30N2O3. The first-order chi connectivity index (χ1) is 16.1. The number of allylic oxidation sites excluding steroid dienone is 3. The minimum absolute atomic E-state index is 0.0455. The quantitative estimate of drug-likeness (QED) is 0.649. The molecule has 33 heavy (non-hydrogen) atoms. The van der Waals surface area contributed by atoms with Gasteiger partial charge in [0, 0.05) is 29.6 Å². The predicted molar refractivity (Wildman–Crippen MR) is 126 cm³/mol. The number of ether oxygens (including phenoxy) is 1. The zero-order valence-corrected chi connectivity index (χ0v) is 19.0. The van der Waals surface area contributed by atoms with Gasteiger partial charge in [-0.2, -0.15) is 0 Å². The molecule has 2 heterocycles. The number of carbonyl (C=O) groups excluding carboxylic acids is 2. The highest BCUT2D eigenvalue weighted by Crippen LogP contribution is 2.45. The lowest BCUT2D eigenvalue weighted by molar-refractivity contribution is -0.146. The van der Waals surface area contributed by atoms with E-state index in [1.807, 2.05) is 43.3 Å². The molecule has 3 aliphatic rings. The van der Waals surface area contributed by atoms with Crippen molar-refractivity contribution in [2.24, 2.45) is 0 Å². The van der Waals surface area contributed by atoms with Crippen molar-refractivity contribution in [2.75, 3.05) is 0 Å². The average Bonchev–Trinajstić information content (AvgIpc) is 2.84. The molecule has 0 radical (unpaired) electrons. The molecule has 1 N–H and O–H groups in total. The summed E-state index contributed by atoms with van der Waals surface area (Å²) in [6, 6.07) is 15.8. The van der Waals surface area contributed by atoms with E-state index in [0.717, 1.165) is 49.1 Å². The Labute approximate surface area is 195 Å². The van der Waals surface area contributed by atoms with Crippen molar-refractivity contribution in [1.82, 2.24) is 10.3 Å². The topological polar surface area (TPSA) is 68.3 Å². The van der Waals surface area contributed by atoms with E-state index in [4.69, 9.17) is 4.74 Å². The van der Waals surface area contributed by atoms with Gasteiger partial charge in [0.2, 0.25) is 0 Å². The Hall–Kier alpha value is -3.21. The minimum Gasteiger partial charge on any atom is -0.459 e. The van der Waals surface area contributed by atoms with Gasteiger partial charge in [-0.25, -0.2) is 4.79 Å². The molecule has 2 atom stereocenters. The number of hydrogen-bond donors (Lipinski definition) is 1. The van der Waals surface area contributed by atoms with Gasteiger partial charge in [-0.05, 0) is 62.6 Å². The fourth-order valence-electron chi connectivity index (χ4n) is 5.51. The molecule has 0 spiro atoms. The molecule has 0 bridgehead atoms. The molecule has 1 aromatic heterocycles. The number of ketones is 1. The van der Waals surface area contributed by atoms with Crippen LogP contribution in [-0.2, 0) is 14.3 Å². The van der Waals surface area contributed by atoms with Gasteiger partial charge in [-0.15, -0.1) is 0 Å². The summed E-state index contributed by atoms with van der Waals surface area (Å²) < 4.78 is 5.96. The lowest BCUT2D eigenvalue weighted by atomic mass is 9.73. The Kier molecular flexibility index (Phi) is 6.12. The number of esters is 1. The summed E-state index contributed by atoms with van der Waals surface area (Å²) in [6.07, 6.45) is 8.03. The molecule has 0 amide bonds. The van der Waals surface area contributed by atoms with E-state index >= 15 is 0 Å². The van der Waals surface area contributed by atoms with E-state index in [2.05, 4.69) is 22.4 Å². The standard InChI is InChI=1S/C28H30N2O3/c1-18-25(28(32)33-21-12-6-3-7-13-21)27(22-14-8-9-15-29-22)26-23(30-18)16-20(17-24(26)31)19-10-4-2-5-11-19/h2,4-5,8-11,14-15,20-21,27,30H,3,6-7,12-13,16-17H2,1H3/t20-,27+/m0/s1. The maximum atomic E-state index is 13.6. The molecule has 1 saturated carbocycles. The van der Waals surface area contributed by atoms with Crippen LogP contribution in [0.4, 0.5) is 0 Å². The molecule has 1 aliphatic heterocycles. The highest BCUT2D eigenvalue weighted by atomic mass is 16.5. The Bertz CT molecular complexity index is 1100. The normalized spacial score (nSPS) is 23.7. The van der Waals surface area contributed by atoms with Crippen molar-refractivity contribution in [3.05, 3.63) is 88.5 Å². The molecule has 2 aromatic rings. The highest BCUT2D eigenvalue weighted by Gasteiger charge is 2.42. The third kappa shape index (κ3) is 4.37. The zero-order chi connectivity index (χ0) is 22.8. The predicted octanol–water partition coefficient (Wildman–Crippen LogP) is 5.32. The fraction of sp³-hybridized carbons (Fsp3) is 0.393. The van der Waals surface area contributed by atoms with Crippen molar-refractivity contribution in [1.29, 1.82) is 0 Å². The smallest absolute Gasteiger partial charge is 0.337 e. The first kappa shape index (κ1) is 21.6. The Balaban J connectivity index is 1.51.